The molecular weight excluding hydrogens is 198 g/mol. The first-order chi connectivity index (χ1) is 7.41. The average Bonchev–Trinajstić information content (AvgIpc) is 2.57. The summed E-state index contributed by atoms with van der Waals surface area (Å²) < 4.78 is 2.05. The van der Waals surface area contributed by atoms with Crippen LogP contribution in [0.2, 0.25) is 0 Å². The fourth-order valence-electron chi connectivity index (χ4n) is 2.69. The molecule has 1 aliphatic carbocycles. The van der Waals surface area contributed by atoms with Crippen molar-refractivity contribution < 1.29 is 0 Å². The SMILES string of the molecule is CC(C)Cn1ccc(C2(CN)CC2(C)C)n1. The number of hydrogen-bond donors (Lipinski definition) is 1. The molecule has 0 aliphatic heterocycles. The second-order valence-electron chi connectivity index (χ2n) is 6.16. The molecule has 3 heteroatoms. The molecule has 0 saturated heterocycles. The highest BCUT2D eigenvalue weighted by Crippen LogP contribution is 2.63. The molecule has 0 bridgehead atoms. The van der Waals surface area contributed by atoms with Gasteiger partial charge in [0, 0.05) is 24.7 Å². The quantitative estimate of drug-likeness (QED) is 0.846. The Balaban J connectivity index is 2.19. The summed E-state index contributed by atoms with van der Waals surface area (Å²) in [6, 6.07) is 2.14. The summed E-state index contributed by atoms with van der Waals surface area (Å²) in [5.41, 5.74) is 7.57. The van der Waals surface area contributed by atoms with Crippen LogP contribution >= 0.6 is 0 Å². The molecule has 1 saturated carbocycles. The van der Waals surface area contributed by atoms with E-state index in [1.807, 2.05) is 4.68 Å². The van der Waals surface area contributed by atoms with Gasteiger partial charge < -0.3 is 5.73 Å². The van der Waals surface area contributed by atoms with Crippen molar-refractivity contribution in [3.05, 3.63) is 18.0 Å². The van der Waals surface area contributed by atoms with Gasteiger partial charge in [-0.05, 0) is 23.8 Å². The smallest absolute Gasteiger partial charge is 0.0704 e. The molecule has 2 N–H and O–H groups in total. The number of nitrogens with two attached hydrogens (primary N) is 1. The molecule has 16 heavy (non-hydrogen) atoms. The molecule has 2 rings (SSSR count). The molecule has 1 fully saturated rings. The second kappa shape index (κ2) is 3.59. The fourth-order valence-corrected chi connectivity index (χ4v) is 2.69. The summed E-state index contributed by atoms with van der Waals surface area (Å²) in [4.78, 5) is 0. The van der Waals surface area contributed by atoms with Crippen LogP contribution in [0.1, 0.15) is 39.8 Å². The molecule has 0 amide bonds. The summed E-state index contributed by atoms with van der Waals surface area (Å²) >= 11 is 0. The molecule has 1 heterocycles. The third-order valence-corrected chi connectivity index (χ3v) is 3.95. The van der Waals surface area contributed by atoms with Gasteiger partial charge in [-0.1, -0.05) is 27.7 Å². The highest BCUT2D eigenvalue weighted by atomic mass is 15.3. The lowest BCUT2D eigenvalue weighted by Crippen LogP contribution is -2.26. The van der Waals surface area contributed by atoms with E-state index < -0.39 is 0 Å². The van der Waals surface area contributed by atoms with E-state index in [1.54, 1.807) is 0 Å². The first kappa shape index (κ1) is 11.6. The van der Waals surface area contributed by atoms with Crippen LogP contribution in [0, 0.1) is 11.3 Å². The lowest BCUT2D eigenvalue weighted by molar-refractivity contribution is 0.454. The van der Waals surface area contributed by atoms with Crippen molar-refractivity contribution in [1.29, 1.82) is 0 Å². The van der Waals surface area contributed by atoms with Crippen LogP contribution in [0.3, 0.4) is 0 Å². The Labute approximate surface area is 98.0 Å². The predicted octanol–water partition coefficient (Wildman–Crippen LogP) is 2.17. The van der Waals surface area contributed by atoms with Crippen molar-refractivity contribution in [3.63, 3.8) is 0 Å². The molecule has 90 valence electrons. The maximum atomic E-state index is 5.94. The van der Waals surface area contributed by atoms with Crippen molar-refractivity contribution in [3.8, 4) is 0 Å². The third-order valence-electron chi connectivity index (χ3n) is 3.95. The first-order valence-corrected chi connectivity index (χ1v) is 6.15. The van der Waals surface area contributed by atoms with Gasteiger partial charge >= 0.3 is 0 Å². The minimum atomic E-state index is 0.134. The fraction of sp³-hybridized carbons (Fsp3) is 0.769. The standard InChI is InChI=1S/C13H23N3/c1-10(2)7-16-6-5-11(15-16)13(9-14)8-12(13,3)4/h5-6,10H,7-9,14H2,1-4H3. The Hall–Kier alpha value is -0.830. The summed E-state index contributed by atoms with van der Waals surface area (Å²) in [7, 11) is 0. The number of nitrogens with zero attached hydrogens (tertiary/aromatic N) is 2. The summed E-state index contributed by atoms with van der Waals surface area (Å²) in [6.45, 7) is 10.7. The monoisotopic (exact) mass is 221 g/mol. The van der Waals surface area contributed by atoms with Gasteiger partial charge in [0.1, 0.15) is 0 Å². The lowest BCUT2D eigenvalue weighted by atomic mass is 9.93. The van der Waals surface area contributed by atoms with Crippen LogP contribution in [0.5, 0.6) is 0 Å². The van der Waals surface area contributed by atoms with Gasteiger partial charge in [0.2, 0.25) is 0 Å². The topological polar surface area (TPSA) is 43.8 Å². The largest absolute Gasteiger partial charge is 0.330 e. The van der Waals surface area contributed by atoms with Gasteiger partial charge in [-0.15, -0.1) is 0 Å². The van der Waals surface area contributed by atoms with Gasteiger partial charge in [0.15, 0.2) is 0 Å². The van der Waals surface area contributed by atoms with Crippen LogP contribution in [-0.2, 0) is 12.0 Å². The van der Waals surface area contributed by atoms with Crippen molar-refractivity contribution in [2.75, 3.05) is 6.54 Å². The summed E-state index contributed by atoms with van der Waals surface area (Å²) in [5.74, 6) is 0.633. The molecule has 1 aliphatic rings. The average molecular weight is 221 g/mol. The van der Waals surface area contributed by atoms with E-state index in [9.17, 15) is 0 Å². The Kier molecular flexibility index (Phi) is 2.61. The van der Waals surface area contributed by atoms with Gasteiger partial charge in [-0.25, -0.2) is 0 Å². The van der Waals surface area contributed by atoms with Gasteiger partial charge in [0.25, 0.3) is 0 Å². The molecule has 0 radical (unpaired) electrons. The molecule has 1 aromatic rings. The van der Waals surface area contributed by atoms with Crippen molar-refractivity contribution >= 4 is 0 Å². The second-order valence-corrected chi connectivity index (χ2v) is 6.16. The van der Waals surface area contributed by atoms with E-state index >= 15 is 0 Å². The molecule has 1 unspecified atom stereocenters. The van der Waals surface area contributed by atoms with E-state index in [0.717, 1.165) is 13.0 Å². The zero-order valence-corrected chi connectivity index (χ0v) is 10.8. The van der Waals surface area contributed by atoms with E-state index in [1.165, 1.54) is 5.69 Å². The highest BCUT2D eigenvalue weighted by Gasteiger charge is 2.62. The minimum absolute atomic E-state index is 0.134. The lowest BCUT2D eigenvalue weighted by Gasteiger charge is -2.15. The van der Waals surface area contributed by atoms with E-state index in [-0.39, 0.29) is 5.41 Å². The van der Waals surface area contributed by atoms with Crippen molar-refractivity contribution in [1.82, 2.24) is 9.78 Å². The van der Waals surface area contributed by atoms with Crippen molar-refractivity contribution in [2.45, 2.75) is 46.1 Å². The molecule has 0 spiro atoms. The maximum Gasteiger partial charge on any atom is 0.0704 e. The zero-order chi connectivity index (χ0) is 12.0. The Morgan fingerprint density at radius 3 is 2.56 bits per heavy atom. The van der Waals surface area contributed by atoms with E-state index in [0.29, 0.717) is 17.9 Å². The number of hydrogen-bond acceptors (Lipinski definition) is 2. The third kappa shape index (κ3) is 1.67. The zero-order valence-electron chi connectivity index (χ0n) is 10.8. The van der Waals surface area contributed by atoms with Crippen LogP contribution in [0.4, 0.5) is 0 Å². The highest BCUT2D eigenvalue weighted by molar-refractivity contribution is 5.31. The molecule has 3 nitrogen and oxygen atoms in total. The Morgan fingerprint density at radius 2 is 2.12 bits per heavy atom. The number of aromatic nitrogens is 2. The summed E-state index contributed by atoms with van der Waals surface area (Å²) in [6.07, 6.45) is 3.25. The Bertz CT molecular complexity index is 378. The van der Waals surface area contributed by atoms with Gasteiger partial charge in [-0.2, -0.15) is 5.10 Å². The molecule has 1 atom stereocenters. The van der Waals surface area contributed by atoms with Gasteiger partial charge in [0.05, 0.1) is 5.69 Å². The first-order valence-electron chi connectivity index (χ1n) is 6.15. The molecular formula is C13H23N3. The van der Waals surface area contributed by atoms with Crippen LogP contribution in [0.25, 0.3) is 0 Å². The van der Waals surface area contributed by atoms with Gasteiger partial charge in [-0.3, -0.25) is 4.68 Å². The predicted molar refractivity (Wildman–Crippen MR) is 66.2 cm³/mol. The minimum Gasteiger partial charge on any atom is -0.330 e. The normalized spacial score (nSPS) is 27.4. The Morgan fingerprint density at radius 1 is 1.50 bits per heavy atom. The van der Waals surface area contributed by atoms with E-state index in [2.05, 4.69) is 45.1 Å². The van der Waals surface area contributed by atoms with Crippen molar-refractivity contribution in [2.24, 2.45) is 17.1 Å². The van der Waals surface area contributed by atoms with Crippen LogP contribution in [-0.4, -0.2) is 16.3 Å². The molecule has 1 aromatic heterocycles. The molecule has 0 aromatic carbocycles. The maximum absolute atomic E-state index is 5.94. The van der Waals surface area contributed by atoms with Crippen LogP contribution in [0.15, 0.2) is 12.3 Å². The van der Waals surface area contributed by atoms with Crippen LogP contribution < -0.4 is 5.73 Å². The summed E-state index contributed by atoms with van der Waals surface area (Å²) in [5, 5.41) is 4.69. The number of rotatable bonds is 4. The van der Waals surface area contributed by atoms with E-state index in [4.69, 9.17) is 5.73 Å².